The number of hydrogen-bond acceptors (Lipinski definition) is 0. The lowest BCUT2D eigenvalue weighted by Gasteiger charge is -1.94. The van der Waals surface area contributed by atoms with Crippen LogP contribution < -0.4 is 0 Å². The van der Waals surface area contributed by atoms with Crippen LogP contribution in [0.2, 0.25) is 0 Å². The van der Waals surface area contributed by atoms with Crippen molar-refractivity contribution in [2.75, 3.05) is 0 Å². The molecule has 1 aromatic rings. The Kier molecular flexibility index (Phi) is 3.76. The van der Waals surface area contributed by atoms with Crippen molar-refractivity contribution < 1.29 is 0 Å². The van der Waals surface area contributed by atoms with E-state index in [9.17, 15) is 0 Å². The highest BCUT2D eigenvalue weighted by molar-refractivity contribution is 5.46. The van der Waals surface area contributed by atoms with Gasteiger partial charge in [-0.15, -0.1) is 0 Å². The van der Waals surface area contributed by atoms with Gasteiger partial charge in [-0.2, -0.15) is 0 Å². The van der Waals surface area contributed by atoms with Gasteiger partial charge in [0.15, 0.2) is 0 Å². The minimum absolute atomic E-state index is 0.843. The number of benzene rings is 1. The Morgan fingerprint density at radius 2 is 2.07 bits per heavy atom. The molecule has 0 aliphatic carbocycles. The minimum atomic E-state index is 0.843. The molecule has 70 valence electrons. The third kappa shape index (κ3) is 2.95. The molecule has 0 nitrogen and oxygen atoms in total. The fourth-order valence-corrected chi connectivity index (χ4v) is 1.10. The lowest BCUT2D eigenvalue weighted by molar-refractivity contribution is 1.44. The minimum Gasteiger partial charge on any atom is -0.0864 e. The largest absolute Gasteiger partial charge is 0.0864 e. The molecule has 0 heteroatoms. The van der Waals surface area contributed by atoms with Gasteiger partial charge in [0, 0.05) is 11.1 Å². The van der Waals surface area contributed by atoms with E-state index in [0.29, 0.717) is 0 Å². The van der Waals surface area contributed by atoms with Crippen LogP contribution in [0.15, 0.2) is 48.6 Å². The number of rotatable bonds is 1. The van der Waals surface area contributed by atoms with E-state index in [0.717, 1.165) is 11.1 Å². The zero-order valence-electron chi connectivity index (χ0n) is 8.67. The number of allylic oxidation sites excluding steroid dienone is 3. The summed E-state index contributed by atoms with van der Waals surface area (Å²) in [5, 5.41) is 0. The van der Waals surface area contributed by atoms with Crippen molar-refractivity contribution in [1.29, 1.82) is 0 Å². The van der Waals surface area contributed by atoms with Crippen LogP contribution in [-0.2, 0) is 0 Å². The summed E-state index contributed by atoms with van der Waals surface area (Å²) in [5.74, 6) is 6.11. The molecule has 0 spiro atoms. The molecular formula is C14H14. The van der Waals surface area contributed by atoms with Crippen molar-refractivity contribution >= 4 is 0 Å². The van der Waals surface area contributed by atoms with Crippen LogP contribution in [0.5, 0.6) is 0 Å². The third-order valence-corrected chi connectivity index (χ3v) is 1.87. The first kappa shape index (κ1) is 10.3. The maximum atomic E-state index is 3.83. The van der Waals surface area contributed by atoms with Crippen LogP contribution in [0.25, 0.3) is 0 Å². The molecule has 0 saturated heterocycles. The van der Waals surface area contributed by atoms with Gasteiger partial charge in [0.1, 0.15) is 0 Å². The quantitative estimate of drug-likeness (QED) is 0.461. The van der Waals surface area contributed by atoms with Crippen LogP contribution in [0.4, 0.5) is 0 Å². The normalized spacial score (nSPS) is 9.57. The summed E-state index contributed by atoms with van der Waals surface area (Å²) in [5.41, 5.74) is 3.11. The zero-order valence-corrected chi connectivity index (χ0v) is 8.67. The number of aryl methyl sites for hydroxylation is 1. The molecule has 0 radical (unpaired) electrons. The van der Waals surface area contributed by atoms with Gasteiger partial charge in [0.2, 0.25) is 0 Å². The Balaban J connectivity index is 2.88. The van der Waals surface area contributed by atoms with Crippen molar-refractivity contribution in [3.63, 3.8) is 0 Å². The third-order valence-electron chi connectivity index (χ3n) is 1.87. The van der Waals surface area contributed by atoms with Crippen molar-refractivity contribution in [2.24, 2.45) is 0 Å². The molecule has 0 aliphatic rings. The van der Waals surface area contributed by atoms with Crippen LogP contribution >= 0.6 is 0 Å². The molecular weight excluding hydrogens is 168 g/mol. The Morgan fingerprint density at radius 3 is 2.71 bits per heavy atom. The SMILES string of the molecule is C=C(C#Cc1ccccc1C)/C=C\C. The second-order valence-corrected chi connectivity index (χ2v) is 3.09. The Labute approximate surface area is 86.0 Å². The molecule has 0 fully saturated rings. The van der Waals surface area contributed by atoms with E-state index in [2.05, 4.69) is 31.4 Å². The first-order valence-corrected chi connectivity index (χ1v) is 4.63. The Bertz CT molecular complexity index is 411. The summed E-state index contributed by atoms with van der Waals surface area (Å²) >= 11 is 0. The van der Waals surface area contributed by atoms with Gasteiger partial charge in [0.05, 0.1) is 0 Å². The van der Waals surface area contributed by atoms with E-state index in [1.807, 2.05) is 37.3 Å². The van der Waals surface area contributed by atoms with Crippen molar-refractivity contribution in [3.05, 3.63) is 59.7 Å². The van der Waals surface area contributed by atoms with E-state index < -0.39 is 0 Å². The molecule has 0 saturated carbocycles. The van der Waals surface area contributed by atoms with Gasteiger partial charge in [-0.3, -0.25) is 0 Å². The monoisotopic (exact) mass is 182 g/mol. The average molecular weight is 182 g/mol. The van der Waals surface area contributed by atoms with Gasteiger partial charge in [-0.05, 0) is 25.5 Å². The maximum Gasteiger partial charge on any atom is 0.0278 e. The van der Waals surface area contributed by atoms with E-state index in [1.165, 1.54) is 5.56 Å². The average Bonchev–Trinajstić information content (AvgIpc) is 2.17. The lowest BCUT2D eigenvalue weighted by Crippen LogP contribution is -1.79. The van der Waals surface area contributed by atoms with Gasteiger partial charge in [-0.1, -0.05) is 48.8 Å². The van der Waals surface area contributed by atoms with Gasteiger partial charge in [-0.25, -0.2) is 0 Å². The summed E-state index contributed by atoms with van der Waals surface area (Å²) in [6, 6.07) is 8.09. The molecule has 1 aromatic carbocycles. The fraction of sp³-hybridized carbons (Fsp3) is 0.143. The molecule has 0 aromatic heterocycles. The van der Waals surface area contributed by atoms with Gasteiger partial charge in [0.25, 0.3) is 0 Å². The molecule has 0 bridgehead atoms. The summed E-state index contributed by atoms with van der Waals surface area (Å²) < 4.78 is 0. The molecule has 14 heavy (non-hydrogen) atoms. The van der Waals surface area contributed by atoms with E-state index >= 15 is 0 Å². The highest BCUT2D eigenvalue weighted by Crippen LogP contribution is 2.04. The summed E-state index contributed by atoms with van der Waals surface area (Å²) in [7, 11) is 0. The highest BCUT2D eigenvalue weighted by Gasteiger charge is 1.89. The molecule has 0 aliphatic heterocycles. The van der Waals surface area contributed by atoms with Gasteiger partial charge < -0.3 is 0 Å². The number of hydrogen-bond donors (Lipinski definition) is 0. The topological polar surface area (TPSA) is 0 Å². The predicted molar refractivity (Wildman–Crippen MR) is 62.0 cm³/mol. The van der Waals surface area contributed by atoms with Crippen molar-refractivity contribution in [3.8, 4) is 11.8 Å². The Morgan fingerprint density at radius 1 is 1.36 bits per heavy atom. The van der Waals surface area contributed by atoms with Crippen molar-refractivity contribution in [2.45, 2.75) is 13.8 Å². The summed E-state index contributed by atoms with van der Waals surface area (Å²) in [6.07, 6.45) is 3.85. The molecule has 0 N–H and O–H groups in total. The smallest absolute Gasteiger partial charge is 0.0278 e. The first-order valence-electron chi connectivity index (χ1n) is 4.63. The second kappa shape index (κ2) is 5.09. The molecule has 0 atom stereocenters. The van der Waals surface area contributed by atoms with E-state index in [-0.39, 0.29) is 0 Å². The summed E-state index contributed by atoms with van der Waals surface area (Å²) in [6.45, 7) is 7.85. The van der Waals surface area contributed by atoms with Crippen LogP contribution in [-0.4, -0.2) is 0 Å². The standard InChI is InChI=1S/C14H14/c1-4-7-12(2)10-11-14-9-6-5-8-13(14)3/h4-9H,2H2,1,3H3/b7-4-. The highest BCUT2D eigenvalue weighted by atomic mass is 13.9. The zero-order chi connectivity index (χ0) is 10.4. The van der Waals surface area contributed by atoms with Crippen LogP contribution in [0.3, 0.4) is 0 Å². The maximum absolute atomic E-state index is 3.83. The Hall–Kier alpha value is -1.74. The predicted octanol–water partition coefficient (Wildman–Crippen LogP) is 3.48. The molecule has 0 heterocycles. The molecule has 0 amide bonds. The van der Waals surface area contributed by atoms with E-state index in [1.54, 1.807) is 0 Å². The first-order chi connectivity index (χ1) is 6.74. The van der Waals surface area contributed by atoms with E-state index in [4.69, 9.17) is 0 Å². The molecule has 0 unspecified atom stereocenters. The van der Waals surface area contributed by atoms with Gasteiger partial charge >= 0.3 is 0 Å². The fourth-order valence-electron chi connectivity index (χ4n) is 1.10. The summed E-state index contributed by atoms with van der Waals surface area (Å²) in [4.78, 5) is 0. The van der Waals surface area contributed by atoms with Crippen molar-refractivity contribution in [1.82, 2.24) is 0 Å². The second-order valence-electron chi connectivity index (χ2n) is 3.09. The van der Waals surface area contributed by atoms with Crippen LogP contribution in [0, 0.1) is 18.8 Å². The molecule has 1 rings (SSSR count). The lowest BCUT2D eigenvalue weighted by atomic mass is 10.1. The van der Waals surface area contributed by atoms with Crippen LogP contribution in [0.1, 0.15) is 18.1 Å².